The average molecular weight is 414 g/mol. The fraction of sp³-hybridized carbons (Fsp3) is 0.833. The topological polar surface area (TPSA) is 18.5 Å². The summed E-state index contributed by atoms with van der Waals surface area (Å²) >= 11 is 0. The minimum atomic E-state index is -6.77. The van der Waals surface area contributed by atoms with Crippen molar-refractivity contribution in [2.24, 2.45) is 5.92 Å². The molecular weight excluding hydrogens is 404 g/mol. The van der Waals surface area contributed by atoms with Crippen LogP contribution in [0.3, 0.4) is 0 Å². The van der Waals surface area contributed by atoms with Crippen molar-refractivity contribution in [2.75, 3.05) is 6.61 Å². The predicted octanol–water partition coefficient (Wildman–Crippen LogP) is 5.50. The van der Waals surface area contributed by atoms with Crippen molar-refractivity contribution in [1.29, 1.82) is 0 Å². The van der Waals surface area contributed by atoms with Crippen molar-refractivity contribution >= 4 is 0 Å². The zero-order valence-corrected chi connectivity index (χ0v) is 12.3. The summed E-state index contributed by atoms with van der Waals surface area (Å²) in [7, 11) is 0. The number of hydrogen-bond donors (Lipinski definition) is 0. The number of hydrogen-bond acceptors (Lipinski definition) is 2. The van der Waals surface area contributed by atoms with Crippen molar-refractivity contribution in [3.63, 3.8) is 0 Å². The molecule has 1 saturated carbocycles. The van der Waals surface area contributed by atoms with Crippen molar-refractivity contribution in [1.82, 2.24) is 0 Å². The summed E-state index contributed by atoms with van der Waals surface area (Å²) < 4.78 is 158. The lowest BCUT2D eigenvalue weighted by Gasteiger charge is -2.35. The van der Waals surface area contributed by atoms with Crippen LogP contribution in [0.4, 0.5) is 52.7 Å². The molecule has 2 radical (unpaired) electrons. The third-order valence-electron chi connectivity index (χ3n) is 3.45. The van der Waals surface area contributed by atoms with Crippen LogP contribution in [0.1, 0.15) is 19.3 Å². The van der Waals surface area contributed by atoms with Crippen LogP contribution in [0.2, 0.25) is 0 Å². The smallest absolute Gasteiger partial charge is 0.334 e. The highest BCUT2D eigenvalue weighted by atomic mass is 19.4. The van der Waals surface area contributed by atoms with Gasteiger partial charge >= 0.3 is 30.7 Å². The molecule has 26 heavy (non-hydrogen) atoms. The zero-order chi connectivity index (χ0) is 20.6. The maximum absolute atomic E-state index is 14.5. The van der Waals surface area contributed by atoms with Gasteiger partial charge in [-0.1, -0.05) is 0 Å². The Hall–Kier alpha value is -0.920. The van der Waals surface area contributed by atoms with Gasteiger partial charge in [0.25, 0.3) is 5.85 Å². The normalized spacial score (nSPS) is 20.7. The van der Waals surface area contributed by atoms with E-state index >= 15 is 0 Å². The van der Waals surface area contributed by atoms with Crippen LogP contribution in [0, 0.1) is 18.7 Å². The molecule has 0 aromatic carbocycles. The van der Waals surface area contributed by atoms with E-state index in [1.807, 2.05) is 0 Å². The molecule has 1 rings (SSSR count). The first-order valence-electron chi connectivity index (χ1n) is 6.69. The molecule has 1 fully saturated rings. The van der Waals surface area contributed by atoms with Crippen LogP contribution in [0.5, 0.6) is 0 Å². The lowest BCUT2D eigenvalue weighted by atomic mass is 9.98. The molecule has 0 N–H and O–H groups in total. The highest BCUT2D eigenvalue weighted by Crippen LogP contribution is 2.50. The molecule has 0 aromatic rings. The lowest BCUT2D eigenvalue weighted by molar-refractivity contribution is -0.388. The molecule has 0 saturated heterocycles. The third-order valence-corrected chi connectivity index (χ3v) is 3.45. The summed E-state index contributed by atoms with van der Waals surface area (Å²) in [5.74, 6) is -19.1. The van der Waals surface area contributed by atoms with Crippen LogP contribution in [-0.4, -0.2) is 36.8 Å². The zero-order valence-electron chi connectivity index (χ0n) is 12.3. The van der Waals surface area contributed by atoms with Gasteiger partial charge in [-0.2, -0.15) is 35.1 Å². The Labute approximate surface area is 138 Å². The lowest BCUT2D eigenvalue weighted by Crippen LogP contribution is -2.56. The van der Waals surface area contributed by atoms with E-state index in [0.29, 0.717) is 0 Å². The Balaban J connectivity index is 3.03. The second-order valence-corrected chi connectivity index (χ2v) is 5.33. The first kappa shape index (κ1) is 23.1. The molecule has 0 bridgehead atoms. The van der Waals surface area contributed by atoms with Crippen LogP contribution in [-0.2, 0) is 9.47 Å². The fourth-order valence-electron chi connectivity index (χ4n) is 2.09. The maximum atomic E-state index is 14.5. The fourth-order valence-corrected chi connectivity index (χ4v) is 2.09. The molecule has 0 aromatic heterocycles. The van der Waals surface area contributed by atoms with E-state index in [1.54, 1.807) is 0 Å². The van der Waals surface area contributed by atoms with Crippen molar-refractivity contribution in [3.05, 3.63) is 12.8 Å². The predicted molar refractivity (Wildman–Crippen MR) is 58.9 cm³/mol. The average Bonchev–Trinajstić information content (AvgIpc) is 2.96. The largest absolute Gasteiger partial charge is 0.525 e. The van der Waals surface area contributed by atoms with Crippen LogP contribution in [0.25, 0.3) is 0 Å². The van der Waals surface area contributed by atoms with Gasteiger partial charge in [0.05, 0.1) is 0 Å². The van der Waals surface area contributed by atoms with E-state index in [4.69, 9.17) is 0 Å². The second-order valence-electron chi connectivity index (χ2n) is 5.33. The van der Waals surface area contributed by atoms with E-state index in [-0.39, 0.29) is 6.42 Å². The monoisotopic (exact) mass is 414 g/mol. The summed E-state index contributed by atoms with van der Waals surface area (Å²) in [6.07, 6.45) is -15.5. The molecule has 0 heterocycles. The molecule has 0 aliphatic heterocycles. The standard InChI is InChI=1S/C12H10F12O2/c13-7(26-12(22,23)24)9(16,6-3-1-2-4-6)25-5-8(14,15)10(17,18)11(19,20)21/h1,6H,2-5H2. The Morgan fingerprint density at radius 2 is 1.46 bits per heavy atom. The maximum Gasteiger partial charge on any atom is 0.525 e. The molecule has 0 amide bonds. The van der Waals surface area contributed by atoms with Crippen LogP contribution >= 0.6 is 0 Å². The van der Waals surface area contributed by atoms with Gasteiger partial charge in [-0.15, -0.1) is 13.2 Å². The minimum Gasteiger partial charge on any atom is -0.334 e. The first-order valence-corrected chi connectivity index (χ1v) is 6.69. The molecular formula is C12H10F12O2. The number of alkyl halides is 11. The van der Waals surface area contributed by atoms with E-state index in [9.17, 15) is 52.7 Å². The summed E-state index contributed by atoms with van der Waals surface area (Å²) in [6.45, 7) is -3.05. The van der Waals surface area contributed by atoms with Crippen LogP contribution < -0.4 is 0 Å². The first-order chi connectivity index (χ1) is 11.4. The number of rotatable bonds is 7. The second kappa shape index (κ2) is 7.24. The van der Waals surface area contributed by atoms with Gasteiger partial charge in [0.15, 0.2) is 0 Å². The highest BCUT2D eigenvalue weighted by Gasteiger charge is 2.73. The van der Waals surface area contributed by atoms with Gasteiger partial charge in [0, 0.05) is 5.92 Å². The SMILES string of the molecule is F[C](OC(F)(F)F)C(F)(OCC(F)(F)C(F)(F)C(F)(F)F)C1C[CH]CC1. The van der Waals surface area contributed by atoms with Crippen molar-refractivity contribution in [2.45, 2.75) is 49.5 Å². The van der Waals surface area contributed by atoms with Crippen molar-refractivity contribution in [3.8, 4) is 0 Å². The summed E-state index contributed by atoms with van der Waals surface area (Å²) in [5, 5.41) is 0. The Kier molecular flexibility index (Phi) is 6.44. The molecule has 14 heteroatoms. The van der Waals surface area contributed by atoms with E-state index in [1.165, 1.54) is 6.42 Å². The Morgan fingerprint density at radius 1 is 0.923 bits per heavy atom. The molecule has 2 unspecified atom stereocenters. The van der Waals surface area contributed by atoms with Gasteiger partial charge in [-0.3, -0.25) is 0 Å². The molecule has 0 spiro atoms. The quantitative estimate of drug-likeness (QED) is 0.513. The summed E-state index contributed by atoms with van der Waals surface area (Å²) in [5.41, 5.74) is 0. The molecule has 1 aliphatic carbocycles. The Bertz CT molecular complexity index is 468. The van der Waals surface area contributed by atoms with Gasteiger partial charge in [-0.05, 0) is 25.7 Å². The molecule has 2 atom stereocenters. The molecule has 2 nitrogen and oxygen atoms in total. The van der Waals surface area contributed by atoms with Gasteiger partial charge < -0.3 is 4.74 Å². The van der Waals surface area contributed by atoms with Gasteiger partial charge in [0.2, 0.25) is 0 Å². The Morgan fingerprint density at radius 3 is 1.85 bits per heavy atom. The van der Waals surface area contributed by atoms with Crippen molar-refractivity contribution < 1.29 is 62.2 Å². The van der Waals surface area contributed by atoms with E-state index in [2.05, 4.69) is 9.47 Å². The highest BCUT2D eigenvalue weighted by molar-refractivity contribution is 5.00. The van der Waals surface area contributed by atoms with E-state index < -0.39 is 62.0 Å². The minimum absolute atomic E-state index is 0.0197. The summed E-state index contributed by atoms with van der Waals surface area (Å²) in [6, 6.07) is 0. The van der Waals surface area contributed by atoms with Crippen LogP contribution in [0.15, 0.2) is 0 Å². The number of halogens is 12. The van der Waals surface area contributed by atoms with E-state index in [0.717, 1.165) is 0 Å². The van der Waals surface area contributed by atoms with Gasteiger partial charge in [0.1, 0.15) is 6.61 Å². The third kappa shape index (κ3) is 4.87. The molecule has 154 valence electrons. The van der Waals surface area contributed by atoms with Gasteiger partial charge in [-0.25, -0.2) is 9.13 Å². The molecule has 1 aliphatic rings. The summed E-state index contributed by atoms with van der Waals surface area (Å²) in [4.78, 5) is 0. The number of ether oxygens (including phenoxy) is 2.